The van der Waals surface area contributed by atoms with Crippen molar-refractivity contribution in [2.75, 3.05) is 5.32 Å². The third-order valence-corrected chi connectivity index (χ3v) is 3.90. The van der Waals surface area contributed by atoms with Crippen LogP contribution in [-0.4, -0.2) is 17.0 Å². The molecule has 7 heteroatoms. The molecule has 0 atom stereocenters. The van der Waals surface area contributed by atoms with Gasteiger partial charge in [-0.05, 0) is 48.9 Å². The first kappa shape index (κ1) is 17.7. The number of aromatic nitrogens is 1. The lowest BCUT2D eigenvalue weighted by Gasteiger charge is -2.07. The number of rotatable bonds is 5. The lowest BCUT2D eigenvalue weighted by atomic mass is 10.1. The van der Waals surface area contributed by atoms with Crippen LogP contribution in [0.4, 0.5) is 5.82 Å². The maximum absolute atomic E-state index is 12.2. The highest BCUT2D eigenvalue weighted by atomic mass is 35.5. The van der Waals surface area contributed by atoms with Crippen LogP contribution in [0.1, 0.15) is 32.0 Å². The van der Waals surface area contributed by atoms with Crippen molar-refractivity contribution in [2.45, 2.75) is 13.5 Å². The Morgan fingerprint density at radius 3 is 2.19 bits per heavy atom. The average molecular weight is 370 g/mol. The molecule has 1 aromatic heterocycles. The Hall–Kier alpha value is -3.12. The Morgan fingerprint density at radius 1 is 1.00 bits per heavy atom. The second kappa shape index (κ2) is 7.84. The lowest BCUT2D eigenvalue weighted by molar-refractivity contribution is 0.0949. The highest BCUT2D eigenvalue weighted by Gasteiger charge is 2.11. The van der Waals surface area contributed by atoms with Crippen molar-refractivity contribution in [1.82, 2.24) is 10.5 Å². The molecule has 0 aliphatic rings. The molecule has 3 rings (SSSR count). The minimum Gasteiger partial charge on any atom is -0.360 e. The number of nitrogens with zero attached hydrogens (tertiary/aromatic N) is 1. The van der Waals surface area contributed by atoms with Crippen LogP contribution < -0.4 is 10.6 Å². The summed E-state index contributed by atoms with van der Waals surface area (Å²) < 4.78 is 4.90. The zero-order valence-electron chi connectivity index (χ0n) is 14.0. The highest BCUT2D eigenvalue weighted by Crippen LogP contribution is 2.12. The number of anilines is 1. The number of amides is 2. The summed E-state index contributed by atoms with van der Waals surface area (Å²) in [6.45, 7) is 2.13. The fraction of sp³-hybridized carbons (Fsp3) is 0.105. The van der Waals surface area contributed by atoms with Crippen LogP contribution >= 0.6 is 11.6 Å². The molecule has 0 saturated carbocycles. The average Bonchev–Trinajstić information content (AvgIpc) is 3.06. The van der Waals surface area contributed by atoms with Gasteiger partial charge in [0.1, 0.15) is 5.76 Å². The molecule has 26 heavy (non-hydrogen) atoms. The maximum atomic E-state index is 12.2. The quantitative estimate of drug-likeness (QED) is 0.716. The standard InChI is InChI=1S/C19H16ClN3O3/c1-12-10-17(23-26-12)22-19(25)15-6-4-14(5-7-15)18(24)21-11-13-2-8-16(20)9-3-13/h2-10H,11H2,1H3,(H,21,24)(H,22,23,25). The minimum atomic E-state index is -0.327. The second-order valence-electron chi connectivity index (χ2n) is 5.66. The first-order valence-corrected chi connectivity index (χ1v) is 8.26. The van der Waals surface area contributed by atoms with Crippen molar-refractivity contribution >= 4 is 29.2 Å². The van der Waals surface area contributed by atoms with Crippen molar-refractivity contribution < 1.29 is 14.1 Å². The van der Waals surface area contributed by atoms with E-state index in [0.717, 1.165) is 5.56 Å². The van der Waals surface area contributed by atoms with Gasteiger partial charge in [0.25, 0.3) is 11.8 Å². The fourth-order valence-electron chi connectivity index (χ4n) is 2.27. The lowest BCUT2D eigenvalue weighted by Crippen LogP contribution is -2.23. The van der Waals surface area contributed by atoms with E-state index < -0.39 is 0 Å². The van der Waals surface area contributed by atoms with Crippen LogP contribution in [0.25, 0.3) is 0 Å². The molecule has 0 saturated heterocycles. The van der Waals surface area contributed by atoms with Gasteiger partial charge in [-0.3, -0.25) is 9.59 Å². The highest BCUT2D eigenvalue weighted by molar-refractivity contribution is 6.30. The number of benzene rings is 2. The smallest absolute Gasteiger partial charge is 0.256 e. The van der Waals surface area contributed by atoms with Gasteiger partial charge in [0, 0.05) is 28.8 Å². The van der Waals surface area contributed by atoms with Crippen molar-refractivity contribution in [3.8, 4) is 0 Å². The van der Waals surface area contributed by atoms with Gasteiger partial charge in [-0.25, -0.2) is 0 Å². The summed E-state index contributed by atoms with van der Waals surface area (Å²) in [5, 5.41) is 9.80. The molecule has 2 N–H and O–H groups in total. The summed E-state index contributed by atoms with van der Waals surface area (Å²) in [4.78, 5) is 24.3. The van der Waals surface area contributed by atoms with Crippen LogP contribution in [0.5, 0.6) is 0 Å². The zero-order valence-corrected chi connectivity index (χ0v) is 14.7. The Balaban J connectivity index is 1.58. The molecule has 0 bridgehead atoms. The Kier molecular flexibility index (Phi) is 5.34. The number of nitrogens with one attached hydrogen (secondary N) is 2. The van der Waals surface area contributed by atoms with Crippen molar-refractivity contribution in [1.29, 1.82) is 0 Å². The number of carbonyl (C=O) groups excluding carboxylic acids is 2. The predicted molar refractivity (Wildman–Crippen MR) is 98.3 cm³/mol. The van der Waals surface area contributed by atoms with E-state index in [-0.39, 0.29) is 11.8 Å². The molecule has 2 aromatic carbocycles. The van der Waals surface area contributed by atoms with Gasteiger partial charge in [-0.15, -0.1) is 0 Å². The molecule has 0 aliphatic carbocycles. The van der Waals surface area contributed by atoms with Gasteiger partial charge in [0.15, 0.2) is 5.82 Å². The van der Waals surface area contributed by atoms with E-state index in [1.807, 2.05) is 12.1 Å². The van der Waals surface area contributed by atoms with Crippen molar-refractivity contribution in [2.24, 2.45) is 0 Å². The number of hydrogen-bond donors (Lipinski definition) is 2. The minimum absolute atomic E-state index is 0.223. The number of aryl methyl sites for hydroxylation is 1. The Bertz CT molecular complexity index is 918. The van der Waals surface area contributed by atoms with Gasteiger partial charge in [-0.1, -0.05) is 28.9 Å². The topological polar surface area (TPSA) is 84.2 Å². The van der Waals surface area contributed by atoms with E-state index in [1.165, 1.54) is 0 Å². The van der Waals surface area contributed by atoms with E-state index in [1.54, 1.807) is 49.4 Å². The Morgan fingerprint density at radius 2 is 1.62 bits per heavy atom. The van der Waals surface area contributed by atoms with Crippen LogP contribution in [0.2, 0.25) is 5.02 Å². The molecule has 0 aliphatic heterocycles. The molecule has 0 spiro atoms. The molecule has 1 heterocycles. The van der Waals surface area contributed by atoms with Crippen LogP contribution in [0.3, 0.4) is 0 Å². The van der Waals surface area contributed by atoms with Gasteiger partial charge in [0.2, 0.25) is 0 Å². The number of carbonyl (C=O) groups is 2. The van der Waals surface area contributed by atoms with Crippen molar-refractivity contribution in [3.05, 3.63) is 82.1 Å². The van der Waals surface area contributed by atoms with Gasteiger partial charge >= 0.3 is 0 Å². The molecule has 0 unspecified atom stereocenters. The molecule has 3 aromatic rings. The maximum Gasteiger partial charge on any atom is 0.256 e. The molecular formula is C19H16ClN3O3. The Labute approximate surface area is 155 Å². The number of hydrogen-bond acceptors (Lipinski definition) is 4. The van der Waals surface area contributed by atoms with Crippen molar-refractivity contribution in [3.63, 3.8) is 0 Å². The van der Waals surface area contributed by atoms with Crippen LogP contribution in [-0.2, 0) is 6.54 Å². The first-order chi connectivity index (χ1) is 12.5. The van der Waals surface area contributed by atoms with Crippen LogP contribution in [0, 0.1) is 6.92 Å². The SMILES string of the molecule is Cc1cc(NC(=O)c2ccc(C(=O)NCc3ccc(Cl)cc3)cc2)no1. The summed E-state index contributed by atoms with van der Waals surface area (Å²) in [6, 6.07) is 15.2. The predicted octanol–water partition coefficient (Wildman–Crippen LogP) is 3.82. The molecule has 0 radical (unpaired) electrons. The zero-order chi connectivity index (χ0) is 18.5. The first-order valence-electron chi connectivity index (χ1n) is 7.88. The van der Waals surface area contributed by atoms with E-state index >= 15 is 0 Å². The summed E-state index contributed by atoms with van der Waals surface area (Å²) in [5.41, 5.74) is 1.83. The molecular weight excluding hydrogens is 354 g/mol. The van der Waals surface area contributed by atoms with E-state index in [9.17, 15) is 9.59 Å². The summed E-state index contributed by atoms with van der Waals surface area (Å²) in [5.74, 6) is 0.399. The molecule has 0 fully saturated rings. The summed E-state index contributed by atoms with van der Waals surface area (Å²) >= 11 is 5.83. The second-order valence-corrected chi connectivity index (χ2v) is 6.10. The normalized spacial score (nSPS) is 10.4. The third kappa shape index (κ3) is 4.49. The van der Waals surface area contributed by atoms with E-state index in [2.05, 4.69) is 15.8 Å². The largest absolute Gasteiger partial charge is 0.360 e. The van der Waals surface area contributed by atoms with E-state index in [4.69, 9.17) is 16.1 Å². The number of halogens is 1. The van der Waals surface area contributed by atoms with Gasteiger partial charge in [-0.2, -0.15) is 0 Å². The van der Waals surface area contributed by atoms with Gasteiger partial charge in [0.05, 0.1) is 0 Å². The van der Waals surface area contributed by atoms with Gasteiger partial charge < -0.3 is 15.2 Å². The monoisotopic (exact) mass is 369 g/mol. The fourth-order valence-corrected chi connectivity index (χ4v) is 2.40. The summed E-state index contributed by atoms with van der Waals surface area (Å²) in [6.07, 6.45) is 0. The van der Waals surface area contributed by atoms with Crippen LogP contribution in [0.15, 0.2) is 59.1 Å². The molecule has 2 amide bonds. The molecule has 132 valence electrons. The summed E-state index contributed by atoms with van der Waals surface area (Å²) in [7, 11) is 0. The van der Waals surface area contributed by atoms with E-state index in [0.29, 0.717) is 34.3 Å². The molecule has 6 nitrogen and oxygen atoms in total. The third-order valence-electron chi connectivity index (χ3n) is 3.65.